The van der Waals surface area contributed by atoms with Crippen molar-refractivity contribution >= 4 is 5.97 Å². The van der Waals surface area contributed by atoms with E-state index in [1.807, 2.05) is 25.4 Å². The first-order valence-electron chi connectivity index (χ1n) is 6.11. The molecule has 1 N–H and O–H groups in total. The van der Waals surface area contributed by atoms with Gasteiger partial charge in [0.15, 0.2) is 6.10 Å². The average molecular weight is 250 g/mol. The Balaban J connectivity index is 1.78. The zero-order valence-corrected chi connectivity index (χ0v) is 10.5. The summed E-state index contributed by atoms with van der Waals surface area (Å²) in [5.74, 6) is -0.854. The first-order chi connectivity index (χ1) is 8.65. The molecule has 98 valence electrons. The second kappa shape index (κ2) is 5.93. The molecule has 0 bridgehead atoms. The van der Waals surface area contributed by atoms with E-state index in [0.717, 1.165) is 25.1 Å². The summed E-state index contributed by atoms with van der Waals surface area (Å²) in [6.07, 6.45) is 4.41. The minimum Gasteiger partial charge on any atom is -0.479 e. The molecule has 0 radical (unpaired) electrons. The summed E-state index contributed by atoms with van der Waals surface area (Å²) >= 11 is 0. The van der Waals surface area contributed by atoms with Gasteiger partial charge >= 0.3 is 5.97 Å². The molecule has 1 fully saturated rings. The summed E-state index contributed by atoms with van der Waals surface area (Å²) in [5, 5.41) is 8.85. The largest absolute Gasteiger partial charge is 0.479 e. The van der Waals surface area contributed by atoms with E-state index in [0.29, 0.717) is 6.42 Å². The number of carbonyl (C=O) groups is 1. The van der Waals surface area contributed by atoms with Gasteiger partial charge in [-0.3, -0.25) is 9.88 Å². The van der Waals surface area contributed by atoms with Crippen LogP contribution in [-0.4, -0.2) is 46.8 Å². The lowest BCUT2D eigenvalue weighted by atomic mass is 10.2. The van der Waals surface area contributed by atoms with Gasteiger partial charge in [-0.25, -0.2) is 4.79 Å². The third-order valence-corrected chi connectivity index (χ3v) is 3.07. The highest BCUT2D eigenvalue weighted by molar-refractivity contribution is 5.72. The van der Waals surface area contributed by atoms with Crippen LogP contribution in [-0.2, 0) is 16.1 Å². The number of nitrogens with zero attached hydrogens (tertiary/aromatic N) is 2. The molecule has 5 heteroatoms. The molecule has 2 unspecified atom stereocenters. The summed E-state index contributed by atoms with van der Waals surface area (Å²) in [6, 6.07) is 3.94. The van der Waals surface area contributed by atoms with E-state index in [2.05, 4.69) is 9.88 Å². The highest BCUT2D eigenvalue weighted by atomic mass is 16.5. The number of carboxylic acid groups (broad SMARTS) is 1. The van der Waals surface area contributed by atoms with E-state index in [4.69, 9.17) is 9.84 Å². The Morgan fingerprint density at radius 1 is 1.61 bits per heavy atom. The molecule has 0 spiro atoms. The van der Waals surface area contributed by atoms with Crippen LogP contribution in [0.15, 0.2) is 24.5 Å². The summed E-state index contributed by atoms with van der Waals surface area (Å²) in [6.45, 7) is 1.55. The number of carboxylic acids is 1. The van der Waals surface area contributed by atoms with Crippen LogP contribution < -0.4 is 0 Å². The van der Waals surface area contributed by atoms with Gasteiger partial charge in [0.2, 0.25) is 0 Å². The van der Waals surface area contributed by atoms with Gasteiger partial charge in [0.05, 0.1) is 6.10 Å². The maximum Gasteiger partial charge on any atom is 0.332 e. The van der Waals surface area contributed by atoms with Gasteiger partial charge in [0, 0.05) is 25.5 Å². The Morgan fingerprint density at radius 3 is 3.06 bits per heavy atom. The molecule has 18 heavy (non-hydrogen) atoms. The number of aliphatic carboxylic acids is 1. The fraction of sp³-hybridized carbons (Fsp3) is 0.538. The van der Waals surface area contributed by atoms with Crippen molar-refractivity contribution in [3.05, 3.63) is 30.1 Å². The first-order valence-corrected chi connectivity index (χ1v) is 6.11. The van der Waals surface area contributed by atoms with Crippen LogP contribution >= 0.6 is 0 Å². The number of pyridine rings is 1. The molecule has 2 atom stereocenters. The number of hydrogen-bond acceptors (Lipinski definition) is 4. The molecule has 1 aliphatic rings. The van der Waals surface area contributed by atoms with Crippen LogP contribution in [0.3, 0.4) is 0 Å². The smallest absolute Gasteiger partial charge is 0.332 e. The molecule has 5 nitrogen and oxygen atoms in total. The van der Waals surface area contributed by atoms with Gasteiger partial charge < -0.3 is 9.84 Å². The Bertz CT molecular complexity index is 396. The van der Waals surface area contributed by atoms with Crippen molar-refractivity contribution in [2.75, 3.05) is 13.6 Å². The third kappa shape index (κ3) is 3.51. The predicted molar refractivity (Wildman–Crippen MR) is 66.1 cm³/mol. The van der Waals surface area contributed by atoms with Gasteiger partial charge in [-0.1, -0.05) is 6.07 Å². The van der Waals surface area contributed by atoms with Crippen LogP contribution in [0.4, 0.5) is 0 Å². The van der Waals surface area contributed by atoms with Crippen molar-refractivity contribution in [2.45, 2.75) is 31.6 Å². The summed E-state index contributed by atoms with van der Waals surface area (Å²) in [4.78, 5) is 17.0. The van der Waals surface area contributed by atoms with E-state index >= 15 is 0 Å². The number of ether oxygens (including phenoxy) is 1. The van der Waals surface area contributed by atoms with E-state index < -0.39 is 12.1 Å². The zero-order chi connectivity index (χ0) is 13.0. The lowest BCUT2D eigenvalue weighted by molar-refractivity contribution is -0.149. The second-order valence-corrected chi connectivity index (χ2v) is 4.72. The number of hydrogen-bond donors (Lipinski definition) is 1. The van der Waals surface area contributed by atoms with Crippen molar-refractivity contribution in [1.82, 2.24) is 9.88 Å². The molecule has 0 amide bonds. The second-order valence-electron chi connectivity index (χ2n) is 4.72. The van der Waals surface area contributed by atoms with Gasteiger partial charge in [-0.15, -0.1) is 0 Å². The minimum absolute atomic E-state index is 0.0211. The molecule has 0 saturated carbocycles. The molecule has 1 aromatic heterocycles. The SMILES string of the molecule is CN(Cc1cccnc1)CC1CCC(C(=O)O)O1. The van der Waals surface area contributed by atoms with Crippen molar-refractivity contribution in [3.8, 4) is 0 Å². The van der Waals surface area contributed by atoms with Gasteiger partial charge in [-0.2, -0.15) is 0 Å². The van der Waals surface area contributed by atoms with E-state index in [9.17, 15) is 4.79 Å². The van der Waals surface area contributed by atoms with Crippen LogP contribution in [0.1, 0.15) is 18.4 Å². The number of likely N-dealkylation sites (N-methyl/N-ethyl adjacent to an activating group) is 1. The third-order valence-electron chi connectivity index (χ3n) is 3.07. The quantitative estimate of drug-likeness (QED) is 0.849. The lowest BCUT2D eigenvalue weighted by Gasteiger charge is -2.20. The fourth-order valence-corrected chi connectivity index (χ4v) is 2.24. The summed E-state index contributed by atoms with van der Waals surface area (Å²) in [7, 11) is 2.00. The van der Waals surface area contributed by atoms with Gasteiger partial charge in [-0.05, 0) is 31.5 Å². The minimum atomic E-state index is -0.854. The van der Waals surface area contributed by atoms with Crippen molar-refractivity contribution in [2.24, 2.45) is 0 Å². The molecule has 1 saturated heterocycles. The van der Waals surface area contributed by atoms with Crippen LogP contribution in [0, 0.1) is 0 Å². The highest BCUT2D eigenvalue weighted by Crippen LogP contribution is 2.20. The van der Waals surface area contributed by atoms with Gasteiger partial charge in [0.1, 0.15) is 0 Å². The van der Waals surface area contributed by atoms with Crippen molar-refractivity contribution in [1.29, 1.82) is 0 Å². The van der Waals surface area contributed by atoms with E-state index in [1.54, 1.807) is 6.20 Å². The van der Waals surface area contributed by atoms with Crippen molar-refractivity contribution in [3.63, 3.8) is 0 Å². The zero-order valence-electron chi connectivity index (χ0n) is 10.5. The molecule has 1 aliphatic heterocycles. The van der Waals surface area contributed by atoms with Crippen LogP contribution in [0.2, 0.25) is 0 Å². The number of aromatic nitrogens is 1. The standard InChI is InChI=1S/C13H18N2O3/c1-15(8-10-3-2-6-14-7-10)9-11-4-5-12(18-11)13(16)17/h2-3,6-7,11-12H,4-5,8-9H2,1H3,(H,16,17). The van der Waals surface area contributed by atoms with Crippen LogP contribution in [0.5, 0.6) is 0 Å². The molecule has 2 rings (SSSR count). The molecule has 1 aromatic rings. The first kappa shape index (κ1) is 13.0. The number of rotatable bonds is 5. The molecule has 0 aliphatic carbocycles. The molecule has 0 aromatic carbocycles. The summed E-state index contributed by atoms with van der Waals surface area (Å²) < 4.78 is 5.47. The Labute approximate surface area is 106 Å². The Hall–Kier alpha value is -1.46. The topological polar surface area (TPSA) is 62.7 Å². The van der Waals surface area contributed by atoms with Crippen molar-refractivity contribution < 1.29 is 14.6 Å². The Kier molecular flexibility index (Phi) is 4.28. The molecular weight excluding hydrogens is 232 g/mol. The highest BCUT2D eigenvalue weighted by Gasteiger charge is 2.30. The fourth-order valence-electron chi connectivity index (χ4n) is 2.24. The predicted octanol–water partition coefficient (Wildman–Crippen LogP) is 1.15. The summed E-state index contributed by atoms with van der Waals surface area (Å²) in [5.41, 5.74) is 1.15. The van der Waals surface area contributed by atoms with E-state index in [-0.39, 0.29) is 6.10 Å². The maximum absolute atomic E-state index is 10.8. The molecule has 2 heterocycles. The van der Waals surface area contributed by atoms with Gasteiger partial charge in [0.25, 0.3) is 0 Å². The normalized spacial score (nSPS) is 23.4. The molecular formula is C13H18N2O3. The average Bonchev–Trinajstić information content (AvgIpc) is 2.78. The van der Waals surface area contributed by atoms with Crippen LogP contribution in [0.25, 0.3) is 0 Å². The maximum atomic E-state index is 10.8. The van der Waals surface area contributed by atoms with E-state index in [1.165, 1.54) is 0 Å². The Morgan fingerprint density at radius 2 is 2.44 bits per heavy atom. The lowest BCUT2D eigenvalue weighted by Crippen LogP contribution is -2.30. The monoisotopic (exact) mass is 250 g/mol.